The maximum atomic E-state index is 11.6. The second kappa shape index (κ2) is 4.57. The van der Waals surface area contributed by atoms with Crippen LogP contribution in [0.3, 0.4) is 0 Å². The Labute approximate surface area is 99.2 Å². The van der Waals surface area contributed by atoms with E-state index in [0.717, 1.165) is 11.1 Å². The van der Waals surface area contributed by atoms with Gasteiger partial charge in [0.15, 0.2) is 5.78 Å². The number of esters is 1. The topological polar surface area (TPSA) is 63.6 Å². The largest absolute Gasteiger partial charge is 0.507 e. The van der Waals surface area contributed by atoms with Gasteiger partial charge in [0.2, 0.25) is 0 Å². The molecule has 17 heavy (non-hydrogen) atoms. The number of fused-ring (bicyclic) bond motifs is 1. The Morgan fingerprint density at radius 2 is 2.18 bits per heavy atom. The number of rotatable bonds is 3. The van der Waals surface area contributed by atoms with Crippen molar-refractivity contribution in [3.63, 3.8) is 0 Å². The lowest BCUT2D eigenvalue weighted by Crippen LogP contribution is -2.09. The molecule has 90 valence electrons. The number of ketones is 1. The second-order valence-electron chi connectivity index (χ2n) is 4.00. The molecular formula is C13H14O4. The van der Waals surface area contributed by atoms with Gasteiger partial charge in [-0.15, -0.1) is 0 Å². The van der Waals surface area contributed by atoms with Crippen LogP contribution in [0.1, 0.15) is 34.8 Å². The van der Waals surface area contributed by atoms with E-state index in [1.807, 2.05) is 0 Å². The van der Waals surface area contributed by atoms with Gasteiger partial charge in [0.1, 0.15) is 5.75 Å². The monoisotopic (exact) mass is 234 g/mol. The minimum Gasteiger partial charge on any atom is -0.507 e. The first-order valence-electron chi connectivity index (χ1n) is 5.66. The predicted molar refractivity (Wildman–Crippen MR) is 61.1 cm³/mol. The summed E-state index contributed by atoms with van der Waals surface area (Å²) >= 11 is 0. The number of carbonyl (C=O) groups excluding carboxylic acids is 2. The Balaban J connectivity index is 2.31. The van der Waals surface area contributed by atoms with Crippen molar-refractivity contribution in [2.24, 2.45) is 0 Å². The highest BCUT2D eigenvalue weighted by Gasteiger charge is 2.26. The number of aromatic hydroxyl groups is 1. The van der Waals surface area contributed by atoms with Crippen LogP contribution >= 0.6 is 0 Å². The molecule has 1 aliphatic rings. The van der Waals surface area contributed by atoms with Crippen LogP contribution in [0.15, 0.2) is 12.1 Å². The highest BCUT2D eigenvalue weighted by Crippen LogP contribution is 2.32. The van der Waals surface area contributed by atoms with Crippen molar-refractivity contribution in [3.05, 3.63) is 28.8 Å². The summed E-state index contributed by atoms with van der Waals surface area (Å²) in [6, 6.07) is 3.15. The molecule has 1 N–H and O–H groups in total. The van der Waals surface area contributed by atoms with Crippen LogP contribution < -0.4 is 0 Å². The lowest BCUT2D eigenvalue weighted by molar-refractivity contribution is -0.142. The molecule has 0 saturated carbocycles. The van der Waals surface area contributed by atoms with Crippen LogP contribution in [0.25, 0.3) is 0 Å². The van der Waals surface area contributed by atoms with Gasteiger partial charge in [-0.1, -0.05) is 6.07 Å². The summed E-state index contributed by atoms with van der Waals surface area (Å²) in [5.41, 5.74) is 1.96. The summed E-state index contributed by atoms with van der Waals surface area (Å²) in [4.78, 5) is 23.0. The molecule has 0 saturated heterocycles. The summed E-state index contributed by atoms with van der Waals surface area (Å²) in [7, 11) is 0. The number of hydrogen-bond acceptors (Lipinski definition) is 4. The Kier molecular flexibility index (Phi) is 3.13. The van der Waals surface area contributed by atoms with E-state index in [9.17, 15) is 14.7 Å². The van der Waals surface area contributed by atoms with E-state index < -0.39 is 0 Å². The number of benzene rings is 1. The van der Waals surface area contributed by atoms with Crippen molar-refractivity contribution >= 4 is 11.8 Å². The smallest absolute Gasteiger partial charge is 0.310 e. The van der Waals surface area contributed by atoms with E-state index in [4.69, 9.17) is 4.74 Å². The summed E-state index contributed by atoms with van der Waals surface area (Å²) in [6.07, 6.45) is 1.16. The Hall–Kier alpha value is -1.84. The molecule has 0 aromatic heterocycles. The third-order valence-electron chi connectivity index (χ3n) is 2.91. The van der Waals surface area contributed by atoms with Gasteiger partial charge in [0.05, 0.1) is 18.6 Å². The van der Waals surface area contributed by atoms with Crippen LogP contribution in [-0.2, 0) is 22.4 Å². The fourth-order valence-corrected chi connectivity index (χ4v) is 2.17. The molecule has 1 aliphatic carbocycles. The van der Waals surface area contributed by atoms with Gasteiger partial charge in [-0.25, -0.2) is 0 Å². The van der Waals surface area contributed by atoms with Crippen molar-refractivity contribution < 1.29 is 19.4 Å². The van der Waals surface area contributed by atoms with E-state index in [-0.39, 0.29) is 23.9 Å². The predicted octanol–water partition coefficient (Wildman–Crippen LogP) is 1.63. The SMILES string of the molecule is CCOC(=O)Cc1ccc(O)c2c1CCC2=O. The Morgan fingerprint density at radius 3 is 2.88 bits per heavy atom. The fourth-order valence-electron chi connectivity index (χ4n) is 2.17. The van der Waals surface area contributed by atoms with Crippen LogP contribution in [0.2, 0.25) is 0 Å². The second-order valence-corrected chi connectivity index (χ2v) is 4.00. The first kappa shape index (κ1) is 11.6. The zero-order valence-corrected chi connectivity index (χ0v) is 9.66. The minimum atomic E-state index is -0.306. The lowest BCUT2D eigenvalue weighted by atomic mass is 10.00. The normalized spacial score (nSPS) is 13.6. The van der Waals surface area contributed by atoms with Gasteiger partial charge in [0.25, 0.3) is 0 Å². The van der Waals surface area contributed by atoms with E-state index >= 15 is 0 Å². The van der Waals surface area contributed by atoms with Gasteiger partial charge in [-0.05, 0) is 30.5 Å². The van der Waals surface area contributed by atoms with Crippen molar-refractivity contribution in [1.82, 2.24) is 0 Å². The van der Waals surface area contributed by atoms with Crippen LogP contribution in [0, 0.1) is 0 Å². The average Bonchev–Trinajstić information content (AvgIpc) is 2.66. The molecule has 0 amide bonds. The standard InChI is InChI=1S/C13H14O4/c1-2-17-12(16)7-8-3-5-10(14)13-9(8)4-6-11(13)15/h3,5,14H,2,4,6-7H2,1H3. The van der Waals surface area contributed by atoms with Crippen molar-refractivity contribution in [2.75, 3.05) is 6.61 Å². The maximum absolute atomic E-state index is 11.6. The van der Waals surface area contributed by atoms with E-state index in [2.05, 4.69) is 0 Å². The molecule has 0 spiro atoms. The molecule has 0 radical (unpaired) electrons. The molecule has 0 atom stereocenters. The van der Waals surface area contributed by atoms with E-state index in [0.29, 0.717) is 25.0 Å². The highest BCUT2D eigenvalue weighted by atomic mass is 16.5. The fraction of sp³-hybridized carbons (Fsp3) is 0.385. The number of hydrogen-bond donors (Lipinski definition) is 1. The zero-order valence-electron chi connectivity index (χ0n) is 9.66. The van der Waals surface area contributed by atoms with Crippen LogP contribution in [0.5, 0.6) is 5.75 Å². The Morgan fingerprint density at radius 1 is 1.41 bits per heavy atom. The van der Waals surface area contributed by atoms with Gasteiger partial charge in [-0.3, -0.25) is 9.59 Å². The minimum absolute atomic E-state index is 0.00936. The molecule has 0 unspecified atom stereocenters. The molecule has 0 bridgehead atoms. The summed E-state index contributed by atoms with van der Waals surface area (Å²) in [6.45, 7) is 2.10. The zero-order chi connectivity index (χ0) is 12.4. The molecule has 0 heterocycles. The molecule has 4 heteroatoms. The maximum Gasteiger partial charge on any atom is 0.310 e. The summed E-state index contributed by atoms with van der Waals surface area (Å²) in [5.74, 6) is -0.349. The molecular weight excluding hydrogens is 220 g/mol. The molecule has 1 aromatic rings. The van der Waals surface area contributed by atoms with Crippen LogP contribution in [-0.4, -0.2) is 23.5 Å². The average molecular weight is 234 g/mol. The number of ether oxygens (including phenoxy) is 1. The number of phenolic OH excluding ortho intramolecular Hbond substituents is 1. The van der Waals surface area contributed by atoms with Gasteiger partial charge < -0.3 is 9.84 Å². The molecule has 2 rings (SSSR count). The van der Waals surface area contributed by atoms with E-state index in [1.165, 1.54) is 6.07 Å². The molecule has 0 aliphatic heterocycles. The molecule has 4 nitrogen and oxygen atoms in total. The third-order valence-corrected chi connectivity index (χ3v) is 2.91. The first-order chi connectivity index (χ1) is 8.13. The summed E-state index contributed by atoms with van der Waals surface area (Å²) in [5, 5.41) is 9.63. The van der Waals surface area contributed by atoms with Gasteiger partial charge in [-0.2, -0.15) is 0 Å². The first-order valence-corrected chi connectivity index (χ1v) is 5.66. The van der Waals surface area contributed by atoms with E-state index in [1.54, 1.807) is 13.0 Å². The van der Waals surface area contributed by atoms with Crippen LogP contribution in [0.4, 0.5) is 0 Å². The molecule has 0 fully saturated rings. The number of carbonyl (C=O) groups is 2. The summed E-state index contributed by atoms with van der Waals surface area (Å²) < 4.78 is 4.88. The van der Waals surface area contributed by atoms with Crippen molar-refractivity contribution in [3.8, 4) is 5.75 Å². The number of Topliss-reactive ketones (excluding diaryl/α,β-unsaturated/α-hetero) is 1. The van der Waals surface area contributed by atoms with Crippen molar-refractivity contribution in [1.29, 1.82) is 0 Å². The van der Waals surface area contributed by atoms with Crippen molar-refractivity contribution in [2.45, 2.75) is 26.2 Å². The highest BCUT2D eigenvalue weighted by molar-refractivity contribution is 6.03. The Bertz CT molecular complexity index is 477. The van der Waals surface area contributed by atoms with Gasteiger partial charge >= 0.3 is 5.97 Å². The van der Waals surface area contributed by atoms with Gasteiger partial charge in [0, 0.05) is 6.42 Å². The number of phenols is 1. The third kappa shape index (κ3) is 2.16. The molecule has 1 aromatic carbocycles. The quantitative estimate of drug-likeness (QED) is 0.807. The lowest BCUT2D eigenvalue weighted by Gasteiger charge is -2.08.